The zero-order valence-corrected chi connectivity index (χ0v) is 36.0. The van der Waals surface area contributed by atoms with Crippen LogP contribution in [0.3, 0.4) is 0 Å². The first kappa shape index (κ1) is 58.3. The van der Waals surface area contributed by atoms with Crippen molar-refractivity contribution in [3.05, 3.63) is 0 Å². The summed E-state index contributed by atoms with van der Waals surface area (Å²) in [4.78, 5) is 115. The molecule has 3 aliphatic rings. The van der Waals surface area contributed by atoms with E-state index in [0.717, 1.165) is 12.8 Å². The van der Waals surface area contributed by atoms with Crippen molar-refractivity contribution < 1.29 is 100 Å². The van der Waals surface area contributed by atoms with Crippen molar-refractivity contribution in [2.45, 2.75) is 163 Å². The average Bonchev–Trinajstić information content (AvgIpc) is 3.24. The SMILES string of the molecule is CCCC(=O)OC1C(OC2COC(OC3COC(OC(=O)CC)C(OC(=O)CC)C3CC)C(OC(=O)CC)C2CC)OCC(CC)C1CC.O=C=O.O=C=O.O=C=O.O=C=O. The number of carbonyl (C=O) groups is 4. The van der Waals surface area contributed by atoms with Crippen LogP contribution >= 0.6 is 0 Å². The fraction of sp³-hybridized carbons (Fsp3) is 0.800. The summed E-state index contributed by atoms with van der Waals surface area (Å²) in [7, 11) is 0. The second-order valence-electron chi connectivity index (χ2n) is 13.3. The number of hydrogen-bond donors (Lipinski definition) is 0. The summed E-state index contributed by atoms with van der Waals surface area (Å²) in [6, 6.07) is 0. The summed E-state index contributed by atoms with van der Waals surface area (Å²) in [6.07, 6.45) is -1.28. The first-order valence-electron chi connectivity index (χ1n) is 20.2. The number of ether oxygens (including phenoxy) is 9. The molecule has 346 valence electrons. The van der Waals surface area contributed by atoms with Crippen molar-refractivity contribution in [3.8, 4) is 0 Å². The van der Waals surface area contributed by atoms with E-state index < -0.39 is 73.2 Å². The Balaban J connectivity index is 0. The molecule has 3 saturated heterocycles. The van der Waals surface area contributed by atoms with Gasteiger partial charge >= 0.3 is 48.5 Å². The Labute approximate surface area is 354 Å². The number of carbonyl (C=O) groups excluding carboxylic acids is 12. The van der Waals surface area contributed by atoms with E-state index in [2.05, 4.69) is 13.8 Å². The largest absolute Gasteiger partial charge is 0.457 e. The second-order valence-corrected chi connectivity index (χ2v) is 13.3. The van der Waals surface area contributed by atoms with Gasteiger partial charge in [-0.25, -0.2) is 0 Å². The highest BCUT2D eigenvalue weighted by Crippen LogP contribution is 2.39. The lowest BCUT2D eigenvalue weighted by Gasteiger charge is -2.47. The van der Waals surface area contributed by atoms with Crippen LogP contribution in [0.1, 0.15) is 113 Å². The molecular weight excluding hydrogens is 816 g/mol. The van der Waals surface area contributed by atoms with Crippen LogP contribution in [0.5, 0.6) is 0 Å². The van der Waals surface area contributed by atoms with E-state index in [1.54, 1.807) is 20.8 Å². The molecule has 0 saturated carbocycles. The van der Waals surface area contributed by atoms with Gasteiger partial charge in [0.25, 0.3) is 0 Å². The maximum Gasteiger partial charge on any atom is 0.373 e. The molecule has 61 heavy (non-hydrogen) atoms. The molecule has 0 amide bonds. The molecule has 21 nitrogen and oxygen atoms in total. The van der Waals surface area contributed by atoms with Crippen LogP contribution in [-0.4, -0.2) is 118 Å². The van der Waals surface area contributed by atoms with Gasteiger partial charge < -0.3 is 42.6 Å². The van der Waals surface area contributed by atoms with E-state index in [4.69, 9.17) is 81.0 Å². The molecule has 3 heterocycles. The van der Waals surface area contributed by atoms with E-state index in [0.29, 0.717) is 32.3 Å². The van der Waals surface area contributed by atoms with E-state index in [9.17, 15) is 19.2 Å². The summed E-state index contributed by atoms with van der Waals surface area (Å²) in [5.41, 5.74) is 0. The topological polar surface area (TPSA) is 288 Å². The van der Waals surface area contributed by atoms with Gasteiger partial charge in [-0.3, -0.25) is 19.2 Å². The minimum absolute atomic E-state index is 0.0308. The lowest BCUT2D eigenvalue weighted by Crippen LogP contribution is -2.59. The molecule has 12 unspecified atom stereocenters. The first-order valence-corrected chi connectivity index (χ1v) is 20.2. The predicted molar refractivity (Wildman–Crippen MR) is 196 cm³/mol. The maximum atomic E-state index is 12.8. The van der Waals surface area contributed by atoms with Crippen LogP contribution in [0.25, 0.3) is 0 Å². The summed E-state index contributed by atoms with van der Waals surface area (Å²) in [5.74, 6) is -2.13. The van der Waals surface area contributed by atoms with Crippen LogP contribution in [0.15, 0.2) is 0 Å². The van der Waals surface area contributed by atoms with E-state index in [-0.39, 0.29) is 80.8 Å². The second kappa shape index (κ2) is 34.9. The van der Waals surface area contributed by atoms with Crippen molar-refractivity contribution >= 4 is 48.5 Å². The van der Waals surface area contributed by atoms with Gasteiger partial charge in [0.05, 0.1) is 32.0 Å². The fourth-order valence-corrected chi connectivity index (χ4v) is 7.01. The molecule has 0 N–H and O–H groups in total. The van der Waals surface area contributed by atoms with Gasteiger partial charge in [-0.15, -0.1) is 0 Å². The minimum Gasteiger partial charge on any atom is -0.457 e. The first-order chi connectivity index (χ1) is 29.2. The zero-order chi connectivity index (χ0) is 46.9. The van der Waals surface area contributed by atoms with Gasteiger partial charge in [-0.2, -0.15) is 38.4 Å². The quantitative estimate of drug-likeness (QED) is 0.150. The Hall–Kier alpha value is -4.80. The molecule has 0 bridgehead atoms. The van der Waals surface area contributed by atoms with Crippen LogP contribution in [-0.2, 0) is 100 Å². The molecule has 12 atom stereocenters. The van der Waals surface area contributed by atoms with E-state index in [1.165, 1.54) is 0 Å². The van der Waals surface area contributed by atoms with Crippen LogP contribution in [0.2, 0.25) is 0 Å². The average molecular weight is 877 g/mol. The lowest BCUT2D eigenvalue weighted by atomic mass is 9.81. The summed E-state index contributed by atoms with van der Waals surface area (Å²) < 4.78 is 54.8. The van der Waals surface area contributed by atoms with Crippen LogP contribution in [0.4, 0.5) is 0 Å². The summed E-state index contributed by atoms with van der Waals surface area (Å²) in [5, 5.41) is 0. The lowest BCUT2D eigenvalue weighted by molar-refractivity contribution is -0.336. The molecule has 0 radical (unpaired) electrons. The molecule has 0 aromatic heterocycles. The Bertz CT molecular complexity index is 1360. The summed E-state index contributed by atoms with van der Waals surface area (Å²) >= 11 is 0. The van der Waals surface area contributed by atoms with Crippen LogP contribution < -0.4 is 0 Å². The van der Waals surface area contributed by atoms with E-state index in [1.807, 2.05) is 20.8 Å². The third-order valence-electron chi connectivity index (χ3n) is 9.88. The molecule has 3 rings (SSSR count). The van der Waals surface area contributed by atoms with Gasteiger partial charge in [0.15, 0.2) is 30.9 Å². The molecule has 3 aliphatic heterocycles. The molecule has 3 fully saturated rings. The maximum absolute atomic E-state index is 12.8. The van der Waals surface area contributed by atoms with Gasteiger partial charge in [0.1, 0.15) is 0 Å². The highest BCUT2D eigenvalue weighted by Gasteiger charge is 2.51. The minimum atomic E-state index is -1.08. The standard InChI is InChI=1S/C36H60O13.4CO2/c1-9-17-30(40)48-31-22(11-3)21(10-2)18-41-34(31)44-25-19-42-35(32(23(25)12-4)46-27(37)14-6)45-26-20-43-36(49-29(39)16-8)33(24(26)13-5)47-28(38)15-7;4*2-1-3/h21-26,31-36H,9-20H2,1-8H3;;;;. The van der Waals surface area contributed by atoms with Crippen molar-refractivity contribution in [2.75, 3.05) is 19.8 Å². The molecule has 0 aromatic rings. The molecule has 0 spiro atoms. The molecule has 21 heteroatoms. The molecule has 0 aliphatic carbocycles. The van der Waals surface area contributed by atoms with E-state index >= 15 is 0 Å². The highest BCUT2D eigenvalue weighted by atomic mass is 16.8. The number of hydrogen-bond acceptors (Lipinski definition) is 21. The third-order valence-corrected chi connectivity index (χ3v) is 9.88. The van der Waals surface area contributed by atoms with Crippen LogP contribution in [0, 0.1) is 23.7 Å². The van der Waals surface area contributed by atoms with Gasteiger partial charge in [0.2, 0.25) is 6.29 Å². The summed E-state index contributed by atoms with van der Waals surface area (Å²) in [6.45, 7) is 15.7. The third kappa shape index (κ3) is 20.5. The zero-order valence-electron chi connectivity index (χ0n) is 36.0. The number of esters is 4. The Kier molecular flexibility index (Phi) is 33.3. The van der Waals surface area contributed by atoms with Gasteiger partial charge in [-0.05, 0) is 31.6 Å². The smallest absolute Gasteiger partial charge is 0.373 e. The Morgan fingerprint density at radius 3 is 1.13 bits per heavy atom. The molecule has 0 aromatic carbocycles. The predicted octanol–water partition coefficient (Wildman–Crippen LogP) is 2.91. The van der Waals surface area contributed by atoms with Crippen molar-refractivity contribution in [2.24, 2.45) is 23.7 Å². The van der Waals surface area contributed by atoms with Gasteiger partial charge in [0, 0.05) is 43.4 Å². The number of rotatable bonds is 17. The fourth-order valence-electron chi connectivity index (χ4n) is 7.01. The Morgan fingerprint density at radius 1 is 0.443 bits per heavy atom. The molecular formula is C40H60O21. The Morgan fingerprint density at radius 2 is 0.770 bits per heavy atom. The monoisotopic (exact) mass is 876 g/mol. The van der Waals surface area contributed by atoms with Crippen molar-refractivity contribution in [1.82, 2.24) is 0 Å². The highest BCUT2D eigenvalue weighted by molar-refractivity contribution is 5.70. The normalized spacial score (nSPS) is 28.5. The van der Waals surface area contributed by atoms with Crippen molar-refractivity contribution in [3.63, 3.8) is 0 Å². The van der Waals surface area contributed by atoms with Gasteiger partial charge in [-0.1, -0.05) is 61.8 Å². The van der Waals surface area contributed by atoms with Crippen molar-refractivity contribution in [1.29, 1.82) is 0 Å².